The number of amides is 3. The van der Waals surface area contributed by atoms with Gasteiger partial charge in [0.2, 0.25) is 0 Å². The van der Waals surface area contributed by atoms with E-state index >= 15 is 0 Å². The first-order valence-electron chi connectivity index (χ1n) is 7.89. The first-order chi connectivity index (χ1) is 11.7. The van der Waals surface area contributed by atoms with Gasteiger partial charge in [0.15, 0.2) is 0 Å². The van der Waals surface area contributed by atoms with Crippen LogP contribution >= 0.6 is 0 Å². The quantitative estimate of drug-likeness (QED) is 0.509. The molecule has 3 N–H and O–H groups in total. The van der Waals surface area contributed by atoms with Gasteiger partial charge in [0.1, 0.15) is 11.8 Å². The second kappa shape index (κ2) is 8.97. The number of anilines is 1. The molecule has 1 unspecified atom stereocenters. The largest absolute Gasteiger partial charge is 0.497 e. The van der Waals surface area contributed by atoms with Crippen LogP contribution in [-0.4, -0.2) is 56.8 Å². The number of urea groups is 1. The molecule has 0 saturated carbocycles. The molecule has 1 aromatic carbocycles. The van der Waals surface area contributed by atoms with Gasteiger partial charge < -0.3 is 19.7 Å². The Balaban J connectivity index is 1.84. The van der Waals surface area contributed by atoms with Gasteiger partial charge in [-0.25, -0.2) is 4.79 Å². The Morgan fingerprint density at radius 3 is 2.67 bits per heavy atom. The van der Waals surface area contributed by atoms with E-state index in [1.807, 2.05) is 0 Å². The lowest BCUT2D eigenvalue weighted by molar-refractivity contribution is -0.124. The lowest BCUT2D eigenvalue weighted by Gasteiger charge is -2.24. The van der Waals surface area contributed by atoms with E-state index in [0.29, 0.717) is 26.1 Å². The highest BCUT2D eigenvalue weighted by atomic mass is 16.5. The van der Waals surface area contributed by atoms with Gasteiger partial charge in [-0.2, -0.15) is 0 Å². The predicted molar refractivity (Wildman–Crippen MR) is 89.8 cm³/mol. The Labute approximate surface area is 141 Å². The number of carbonyl (C=O) groups excluding carboxylic acids is 2. The molecule has 132 valence electrons. The molecule has 2 rings (SSSR count). The van der Waals surface area contributed by atoms with E-state index in [1.54, 1.807) is 43.4 Å². The van der Waals surface area contributed by atoms with Crippen molar-refractivity contribution in [2.45, 2.75) is 18.9 Å². The first-order valence-corrected chi connectivity index (χ1v) is 7.89. The van der Waals surface area contributed by atoms with Crippen molar-refractivity contribution < 1.29 is 19.1 Å². The molecule has 8 nitrogen and oxygen atoms in total. The maximum absolute atomic E-state index is 12.3. The number of ether oxygens (including phenoxy) is 2. The van der Waals surface area contributed by atoms with Crippen molar-refractivity contribution in [2.75, 3.05) is 39.3 Å². The Morgan fingerprint density at radius 2 is 2.00 bits per heavy atom. The lowest BCUT2D eigenvalue weighted by Crippen LogP contribution is -2.51. The molecule has 0 aromatic heterocycles. The van der Waals surface area contributed by atoms with Gasteiger partial charge in [-0.1, -0.05) is 0 Å². The molecule has 0 radical (unpaired) electrons. The second-order valence-electron chi connectivity index (χ2n) is 5.42. The van der Waals surface area contributed by atoms with Crippen LogP contribution in [0.25, 0.3) is 0 Å². The molecule has 0 aliphatic carbocycles. The standard InChI is InChI=1S/C16H24N4O4/c1-23-11-9-17-16(22)20-10-3-4-14(20)15(21)19-18-12-5-7-13(24-2)8-6-12/h5-8,14,18H,3-4,9-11H2,1-2H3,(H,17,22)(H,19,21). The number of nitrogens with one attached hydrogen (secondary N) is 3. The van der Waals surface area contributed by atoms with E-state index in [9.17, 15) is 9.59 Å². The maximum Gasteiger partial charge on any atom is 0.318 e. The monoisotopic (exact) mass is 336 g/mol. The van der Waals surface area contributed by atoms with Crippen LogP contribution in [0.3, 0.4) is 0 Å². The molecule has 0 spiro atoms. The number of carbonyl (C=O) groups is 2. The molecule has 8 heteroatoms. The van der Waals surface area contributed by atoms with Gasteiger partial charge >= 0.3 is 6.03 Å². The Morgan fingerprint density at radius 1 is 1.25 bits per heavy atom. The summed E-state index contributed by atoms with van der Waals surface area (Å²) >= 11 is 0. The summed E-state index contributed by atoms with van der Waals surface area (Å²) in [4.78, 5) is 26.0. The van der Waals surface area contributed by atoms with E-state index in [1.165, 1.54) is 0 Å². The number of nitrogens with zero attached hydrogens (tertiary/aromatic N) is 1. The fraction of sp³-hybridized carbons (Fsp3) is 0.500. The number of hydrogen-bond donors (Lipinski definition) is 3. The zero-order valence-electron chi connectivity index (χ0n) is 14.0. The average Bonchev–Trinajstić information content (AvgIpc) is 3.10. The van der Waals surface area contributed by atoms with E-state index in [0.717, 1.165) is 17.9 Å². The summed E-state index contributed by atoms with van der Waals surface area (Å²) in [5.41, 5.74) is 6.24. The maximum atomic E-state index is 12.3. The van der Waals surface area contributed by atoms with E-state index in [-0.39, 0.29) is 11.9 Å². The first kappa shape index (κ1) is 17.9. The molecular weight excluding hydrogens is 312 g/mol. The molecule has 24 heavy (non-hydrogen) atoms. The van der Waals surface area contributed by atoms with Gasteiger partial charge in [-0.05, 0) is 37.1 Å². The minimum Gasteiger partial charge on any atom is -0.497 e. The highest BCUT2D eigenvalue weighted by Gasteiger charge is 2.33. The molecular formula is C16H24N4O4. The highest BCUT2D eigenvalue weighted by Crippen LogP contribution is 2.18. The van der Waals surface area contributed by atoms with Crippen LogP contribution in [0, 0.1) is 0 Å². The Bertz CT molecular complexity index is 550. The van der Waals surface area contributed by atoms with E-state index in [2.05, 4.69) is 16.2 Å². The van der Waals surface area contributed by atoms with Gasteiger partial charge in [-0.15, -0.1) is 0 Å². The summed E-state index contributed by atoms with van der Waals surface area (Å²) in [5.74, 6) is 0.506. The Kier molecular flexibility index (Phi) is 6.68. The number of hydrogen-bond acceptors (Lipinski definition) is 5. The summed E-state index contributed by atoms with van der Waals surface area (Å²) < 4.78 is 9.98. The average molecular weight is 336 g/mol. The third-order valence-corrected chi connectivity index (χ3v) is 3.82. The number of likely N-dealkylation sites (tertiary alicyclic amines) is 1. The molecule has 1 heterocycles. The van der Waals surface area contributed by atoms with Crippen molar-refractivity contribution in [3.8, 4) is 5.75 Å². The van der Waals surface area contributed by atoms with Gasteiger partial charge in [-0.3, -0.25) is 15.6 Å². The van der Waals surface area contributed by atoms with Gasteiger partial charge in [0.05, 0.1) is 19.4 Å². The fourth-order valence-corrected chi connectivity index (χ4v) is 2.54. The molecule has 0 bridgehead atoms. The predicted octanol–water partition coefficient (Wildman–Crippen LogP) is 0.959. The Hall–Kier alpha value is -2.48. The van der Waals surface area contributed by atoms with Crippen molar-refractivity contribution in [1.29, 1.82) is 0 Å². The minimum absolute atomic E-state index is 0.231. The van der Waals surface area contributed by atoms with Gasteiger partial charge in [0, 0.05) is 20.2 Å². The lowest BCUT2D eigenvalue weighted by atomic mass is 10.2. The molecule has 3 amide bonds. The summed E-state index contributed by atoms with van der Waals surface area (Å²) in [7, 11) is 3.17. The summed E-state index contributed by atoms with van der Waals surface area (Å²) in [6.45, 7) is 1.43. The topological polar surface area (TPSA) is 91.9 Å². The molecule has 1 saturated heterocycles. The number of hydrazine groups is 1. The van der Waals surface area contributed by atoms with Crippen LogP contribution < -0.4 is 20.9 Å². The van der Waals surface area contributed by atoms with Crippen LogP contribution in [0.4, 0.5) is 10.5 Å². The van der Waals surface area contributed by atoms with Gasteiger partial charge in [0.25, 0.3) is 5.91 Å². The molecule has 1 aliphatic rings. The van der Waals surface area contributed by atoms with Crippen molar-refractivity contribution in [1.82, 2.24) is 15.6 Å². The van der Waals surface area contributed by atoms with Crippen LogP contribution in [0.15, 0.2) is 24.3 Å². The minimum atomic E-state index is -0.474. The van der Waals surface area contributed by atoms with Crippen LogP contribution in [0.2, 0.25) is 0 Å². The van der Waals surface area contributed by atoms with Crippen molar-refractivity contribution in [3.63, 3.8) is 0 Å². The SMILES string of the molecule is COCCNC(=O)N1CCCC1C(=O)NNc1ccc(OC)cc1. The molecule has 1 fully saturated rings. The summed E-state index contributed by atoms with van der Waals surface area (Å²) in [6, 6.07) is 6.46. The third kappa shape index (κ3) is 4.76. The summed E-state index contributed by atoms with van der Waals surface area (Å²) in [6.07, 6.45) is 1.45. The van der Waals surface area contributed by atoms with Crippen molar-refractivity contribution in [3.05, 3.63) is 24.3 Å². The molecule has 1 aromatic rings. The highest BCUT2D eigenvalue weighted by molar-refractivity contribution is 5.88. The van der Waals surface area contributed by atoms with Crippen LogP contribution in [0.1, 0.15) is 12.8 Å². The second-order valence-corrected chi connectivity index (χ2v) is 5.42. The smallest absolute Gasteiger partial charge is 0.318 e. The van der Waals surface area contributed by atoms with E-state index in [4.69, 9.17) is 9.47 Å². The van der Waals surface area contributed by atoms with Crippen LogP contribution in [0.5, 0.6) is 5.75 Å². The van der Waals surface area contributed by atoms with Crippen LogP contribution in [-0.2, 0) is 9.53 Å². The number of methoxy groups -OCH3 is 2. The zero-order chi connectivity index (χ0) is 17.4. The molecule has 1 atom stereocenters. The normalized spacial score (nSPS) is 16.6. The third-order valence-electron chi connectivity index (χ3n) is 3.82. The fourth-order valence-electron chi connectivity index (χ4n) is 2.54. The molecule has 1 aliphatic heterocycles. The van der Waals surface area contributed by atoms with Crippen molar-refractivity contribution in [2.24, 2.45) is 0 Å². The zero-order valence-corrected chi connectivity index (χ0v) is 14.0. The van der Waals surface area contributed by atoms with E-state index < -0.39 is 6.04 Å². The number of rotatable bonds is 7. The summed E-state index contributed by atoms with van der Waals surface area (Å²) in [5, 5.41) is 2.74. The number of benzene rings is 1. The van der Waals surface area contributed by atoms with Crippen molar-refractivity contribution >= 4 is 17.6 Å².